The SMILES string of the molecule is Cc1cc(=O)n2cccc(OCc3c(Cl)ccc(S(=O)(=O)N4CCC[C@H]4C(=O)O)c3Cl)c2n1. The number of carbonyl (C=O) groups is 1. The van der Waals surface area contributed by atoms with E-state index in [1.807, 2.05) is 0 Å². The molecular formula is C21H19Cl2N3O6S. The number of fused-ring (bicyclic) bond motifs is 1. The van der Waals surface area contributed by atoms with Crippen molar-refractivity contribution in [3.8, 4) is 5.75 Å². The first-order chi connectivity index (χ1) is 15.6. The number of aryl methyl sites for hydroxylation is 1. The highest BCUT2D eigenvalue weighted by Gasteiger charge is 2.40. The van der Waals surface area contributed by atoms with Gasteiger partial charge in [0.1, 0.15) is 17.5 Å². The Balaban J connectivity index is 1.70. The number of benzene rings is 1. The predicted molar refractivity (Wildman–Crippen MR) is 122 cm³/mol. The molecule has 174 valence electrons. The summed E-state index contributed by atoms with van der Waals surface area (Å²) >= 11 is 12.7. The Bertz CT molecular complexity index is 1420. The van der Waals surface area contributed by atoms with Crippen molar-refractivity contribution in [1.82, 2.24) is 13.7 Å². The van der Waals surface area contributed by atoms with Gasteiger partial charge in [-0.05, 0) is 44.0 Å². The molecule has 4 rings (SSSR count). The summed E-state index contributed by atoms with van der Waals surface area (Å²) in [5.74, 6) is -0.928. The van der Waals surface area contributed by atoms with E-state index in [4.69, 9.17) is 27.9 Å². The zero-order valence-electron chi connectivity index (χ0n) is 17.4. The standard InChI is InChI=1S/C21H19Cl2N3O6S/c1-12-10-18(27)25-8-3-5-16(20(25)24-12)32-11-13-14(22)6-7-17(19(13)23)33(30,31)26-9-2-4-15(26)21(28)29/h3,5-8,10,15H,2,4,9,11H2,1H3,(H,28,29)/t15-/m0/s1. The normalized spacial score (nSPS) is 16.9. The molecule has 1 aliphatic rings. The van der Waals surface area contributed by atoms with Gasteiger partial charge in [0.15, 0.2) is 11.4 Å². The topological polar surface area (TPSA) is 118 Å². The maximum atomic E-state index is 13.2. The molecule has 1 saturated heterocycles. The zero-order valence-corrected chi connectivity index (χ0v) is 19.7. The fraction of sp³-hybridized carbons (Fsp3) is 0.286. The number of hydrogen-bond donors (Lipinski definition) is 1. The van der Waals surface area contributed by atoms with E-state index in [2.05, 4.69) is 4.98 Å². The number of ether oxygens (including phenoxy) is 1. The van der Waals surface area contributed by atoms with Gasteiger partial charge < -0.3 is 9.84 Å². The average Bonchev–Trinajstić information content (AvgIpc) is 3.25. The van der Waals surface area contributed by atoms with Gasteiger partial charge >= 0.3 is 5.97 Å². The summed E-state index contributed by atoms with van der Waals surface area (Å²) in [6.07, 6.45) is 2.21. The van der Waals surface area contributed by atoms with Crippen molar-refractivity contribution >= 4 is 44.8 Å². The van der Waals surface area contributed by atoms with Crippen LogP contribution in [0.2, 0.25) is 10.0 Å². The first-order valence-electron chi connectivity index (χ1n) is 9.94. The summed E-state index contributed by atoms with van der Waals surface area (Å²) in [6.45, 7) is 1.57. The van der Waals surface area contributed by atoms with Crippen LogP contribution in [0.3, 0.4) is 0 Å². The Morgan fingerprint density at radius 2 is 2.06 bits per heavy atom. The number of hydrogen-bond acceptors (Lipinski definition) is 6. The van der Waals surface area contributed by atoms with Gasteiger partial charge in [-0.1, -0.05) is 23.2 Å². The Hall–Kier alpha value is -2.66. The summed E-state index contributed by atoms with van der Waals surface area (Å²) < 4.78 is 34.5. The molecule has 12 heteroatoms. The van der Waals surface area contributed by atoms with Crippen molar-refractivity contribution in [3.63, 3.8) is 0 Å². The van der Waals surface area contributed by atoms with Crippen LogP contribution in [0, 0.1) is 6.92 Å². The average molecular weight is 512 g/mol. The Labute approximate surface area is 199 Å². The van der Waals surface area contributed by atoms with Gasteiger partial charge in [-0.2, -0.15) is 4.31 Å². The highest BCUT2D eigenvalue weighted by atomic mass is 35.5. The van der Waals surface area contributed by atoms with Crippen LogP contribution in [-0.2, 0) is 21.4 Å². The van der Waals surface area contributed by atoms with Gasteiger partial charge in [0.2, 0.25) is 10.0 Å². The van der Waals surface area contributed by atoms with Gasteiger partial charge in [-0.15, -0.1) is 0 Å². The summed E-state index contributed by atoms with van der Waals surface area (Å²) in [6, 6.07) is 6.10. The van der Waals surface area contributed by atoms with Crippen molar-refractivity contribution in [2.45, 2.75) is 37.3 Å². The second kappa shape index (κ2) is 8.94. The second-order valence-corrected chi connectivity index (χ2v) is 10.2. The molecule has 1 aromatic carbocycles. The number of halogens is 2. The molecule has 0 amide bonds. The van der Waals surface area contributed by atoms with E-state index >= 15 is 0 Å². The summed E-state index contributed by atoms with van der Waals surface area (Å²) in [4.78, 5) is 27.8. The quantitative estimate of drug-likeness (QED) is 0.539. The van der Waals surface area contributed by atoms with E-state index in [9.17, 15) is 23.1 Å². The van der Waals surface area contributed by atoms with Crippen molar-refractivity contribution in [3.05, 3.63) is 68.2 Å². The van der Waals surface area contributed by atoms with E-state index in [0.717, 1.165) is 4.31 Å². The van der Waals surface area contributed by atoms with Gasteiger partial charge in [0, 0.05) is 35.1 Å². The molecule has 3 aromatic rings. The molecule has 0 saturated carbocycles. The van der Waals surface area contributed by atoms with Crippen molar-refractivity contribution in [2.75, 3.05) is 6.54 Å². The number of rotatable bonds is 6. The van der Waals surface area contributed by atoms with E-state index in [0.29, 0.717) is 17.8 Å². The lowest BCUT2D eigenvalue weighted by Gasteiger charge is -2.22. The Kier molecular flexibility index (Phi) is 6.37. The smallest absolute Gasteiger partial charge is 0.322 e. The van der Waals surface area contributed by atoms with Crippen LogP contribution in [-0.4, -0.2) is 45.8 Å². The van der Waals surface area contributed by atoms with E-state index in [1.54, 1.807) is 25.3 Å². The molecule has 0 bridgehead atoms. The van der Waals surface area contributed by atoms with Crippen LogP contribution in [0.4, 0.5) is 0 Å². The number of aromatic nitrogens is 2. The van der Waals surface area contributed by atoms with Crippen LogP contribution in [0.1, 0.15) is 24.1 Å². The van der Waals surface area contributed by atoms with E-state index in [1.165, 1.54) is 22.6 Å². The number of pyridine rings is 1. The molecule has 1 atom stereocenters. The second-order valence-electron chi connectivity index (χ2n) is 7.54. The lowest BCUT2D eigenvalue weighted by molar-refractivity contribution is -0.140. The maximum Gasteiger partial charge on any atom is 0.322 e. The minimum atomic E-state index is -4.18. The van der Waals surface area contributed by atoms with Crippen LogP contribution in [0.25, 0.3) is 5.65 Å². The van der Waals surface area contributed by atoms with Crippen molar-refractivity contribution in [1.29, 1.82) is 0 Å². The third-order valence-electron chi connectivity index (χ3n) is 5.38. The third kappa shape index (κ3) is 4.31. The molecule has 33 heavy (non-hydrogen) atoms. The monoisotopic (exact) mass is 511 g/mol. The number of carboxylic acid groups (broad SMARTS) is 1. The molecule has 2 aromatic heterocycles. The summed E-state index contributed by atoms with van der Waals surface area (Å²) in [5, 5.41) is 9.41. The van der Waals surface area contributed by atoms with Crippen molar-refractivity contribution in [2.24, 2.45) is 0 Å². The van der Waals surface area contributed by atoms with Crippen LogP contribution in [0.15, 0.2) is 46.2 Å². The zero-order chi connectivity index (χ0) is 23.9. The third-order valence-corrected chi connectivity index (χ3v) is 8.23. The predicted octanol–water partition coefficient (Wildman–Crippen LogP) is 3.13. The largest absolute Gasteiger partial charge is 0.485 e. The minimum absolute atomic E-state index is 0.0832. The Morgan fingerprint density at radius 3 is 2.79 bits per heavy atom. The van der Waals surface area contributed by atoms with Gasteiger partial charge in [0.05, 0.1) is 5.02 Å². The Morgan fingerprint density at radius 1 is 1.30 bits per heavy atom. The molecule has 0 unspecified atom stereocenters. The van der Waals surface area contributed by atoms with Gasteiger partial charge in [-0.3, -0.25) is 14.0 Å². The number of aliphatic carboxylic acids is 1. The lowest BCUT2D eigenvalue weighted by atomic mass is 10.2. The highest BCUT2D eigenvalue weighted by Crippen LogP contribution is 2.36. The molecule has 1 fully saturated rings. The number of nitrogens with zero attached hydrogens (tertiary/aromatic N) is 3. The maximum absolute atomic E-state index is 13.2. The molecule has 1 N–H and O–H groups in total. The van der Waals surface area contributed by atoms with Crippen molar-refractivity contribution < 1.29 is 23.1 Å². The first-order valence-corrected chi connectivity index (χ1v) is 12.1. The minimum Gasteiger partial charge on any atom is -0.485 e. The molecule has 1 aliphatic heterocycles. The van der Waals surface area contributed by atoms with Crippen LogP contribution in [0.5, 0.6) is 5.75 Å². The molecule has 0 aliphatic carbocycles. The van der Waals surface area contributed by atoms with Gasteiger partial charge in [0.25, 0.3) is 5.56 Å². The van der Waals surface area contributed by atoms with Gasteiger partial charge in [-0.25, -0.2) is 13.4 Å². The fourth-order valence-electron chi connectivity index (χ4n) is 3.79. The fourth-order valence-corrected chi connectivity index (χ4v) is 6.30. The van der Waals surface area contributed by atoms with E-state index in [-0.39, 0.29) is 51.4 Å². The van der Waals surface area contributed by atoms with Crippen LogP contribution < -0.4 is 10.3 Å². The molecule has 0 radical (unpaired) electrons. The summed E-state index contributed by atoms with van der Waals surface area (Å²) in [5.41, 5.74) is 0.742. The molecule has 3 heterocycles. The number of sulfonamides is 1. The van der Waals surface area contributed by atoms with E-state index < -0.39 is 22.0 Å². The summed E-state index contributed by atoms with van der Waals surface area (Å²) in [7, 11) is -4.18. The first kappa shape index (κ1) is 23.5. The number of carboxylic acids is 1. The lowest BCUT2D eigenvalue weighted by Crippen LogP contribution is -2.40. The molecule has 0 spiro atoms. The molecular weight excluding hydrogens is 493 g/mol. The highest BCUT2D eigenvalue weighted by molar-refractivity contribution is 7.89. The molecule has 9 nitrogen and oxygen atoms in total. The van der Waals surface area contributed by atoms with Crippen LogP contribution >= 0.6 is 23.2 Å².